The van der Waals surface area contributed by atoms with Crippen LogP contribution in [0.4, 0.5) is 14.9 Å². The molecule has 1 aliphatic rings. The Morgan fingerprint density at radius 3 is 3.00 bits per heavy atom. The number of anilines is 1. The van der Waals surface area contributed by atoms with Crippen molar-refractivity contribution in [2.75, 3.05) is 18.0 Å². The first-order valence-electron chi connectivity index (χ1n) is 8.47. The van der Waals surface area contributed by atoms with Crippen LogP contribution in [0, 0.1) is 5.82 Å². The smallest absolute Gasteiger partial charge is 0.414 e. The van der Waals surface area contributed by atoms with E-state index in [1.165, 1.54) is 17.9 Å². The van der Waals surface area contributed by atoms with Crippen molar-refractivity contribution in [1.82, 2.24) is 14.9 Å². The monoisotopic (exact) mass is 368 g/mol. The van der Waals surface area contributed by atoms with Crippen molar-refractivity contribution < 1.29 is 18.7 Å². The van der Waals surface area contributed by atoms with Gasteiger partial charge in [-0.25, -0.2) is 14.2 Å². The molecule has 0 saturated carbocycles. The number of amides is 2. The first kappa shape index (κ1) is 17.0. The van der Waals surface area contributed by atoms with E-state index in [1.807, 2.05) is 18.2 Å². The standard InChI is InChI=1S/C19H17FN4O3/c1-12(25)22-10-15-11-24(19(26)27-15)14-4-5-17(16(20)9-14)23-8-6-13-3-2-7-21-18(13)23/h2-9,15H,10-11H2,1H3,(H,22,25)/t15-/m0/s1. The van der Waals surface area contributed by atoms with Gasteiger partial charge in [-0.3, -0.25) is 14.3 Å². The molecule has 0 unspecified atom stereocenters. The van der Waals surface area contributed by atoms with Gasteiger partial charge in [-0.15, -0.1) is 0 Å². The molecule has 2 amide bonds. The van der Waals surface area contributed by atoms with E-state index in [0.717, 1.165) is 5.39 Å². The third-order valence-electron chi connectivity index (χ3n) is 4.40. The number of nitrogens with one attached hydrogen (secondary N) is 1. The summed E-state index contributed by atoms with van der Waals surface area (Å²) < 4.78 is 21.7. The normalized spacial score (nSPS) is 16.6. The number of cyclic esters (lactones) is 1. The lowest BCUT2D eigenvalue weighted by Gasteiger charge is -2.15. The summed E-state index contributed by atoms with van der Waals surface area (Å²) in [5, 5.41) is 3.52. The Morgan fingerprint density at radius 1 is 1.37 bits per heavy atom. The summed E-state index contributed by atoms with van der Waals surface area (Å²) in [5.41, 5.74) is 1.39. The maximum Gasteiger partial charge on any atom is 0.414 e. The molecular weight excluding hydrogens is 351 g/mol. The second kappa shape index (κ2) is 6.71. The minimum Gasteiger partial charge on any atom is -0.442 e. The number of nitrogens with zero attached hydrogens (tertiary/aromatic N) is 3. The summed E-state index contributed by atoms with van der Waals surface area (Å²) in [6, 6.07) is 10.2. The Bertz CT molecular complexity index is 1030. The number of aromatic nitrogens is 2. The van der Waals surface area contributed by atoms with Crippen LogP contribution in [0.1, 0.15) is 6.92 Å². The van der Waals surface area contributed by atoms with Crippen LogP contribution in [0.25, 0.3) is 16.7 Å². The van der Waals surface area contributed by atoms with Crippen LogP contribution in [-0.2, 0) is 9.53 Å². The molecule has 0 radical (unpaired) electrons. The van der Waals surface area contributed by atoms with Gasteiger partial charge in [0.25, 0.3) is 0 Å². The molecule has 1 N–H and O–H groups in total. The van der Waals surface area contributed by atoms with Crippen LogP contribution in [-0.4, -0.2) is 40.7 Å². The van der Waals surface area contributed by atoms with E-state index >= 15 is 0 Å². The first-order valence-corrected chi connectivity index (χ1v) is 8.47. The Balaban J connectivity index is 1.59. The third kappa shape index (κ3) is 3.21. The van der Waals surface area contributed by atoms with E-state index in [1.54, 1.807) is 29.1 Å². The molecule has 8 heteroatoms. The quantitative estimate of drug-likeness (QED) is 0.768. The molecule has 4 rings (SSSR count). The van der Waals surface area contributed by atoms with Gasteiger partial charge < -0.3 is 10.1 Å². The highest BCUT2D eigenvalue weighted by Crippen LogP contribution is 2.27. The molecule has 1 aliphatic heterocycles. The highest BCUT2D eigenvalue weighted by atomic mass is 19.1. The topological polar surface area (TPSA) is 76.5 Å². The van der Waals surface area contributed by atoms with E-state index in [2.05, 4.69) is 10.3 Å². The number of ether oxygens (including phenoxy) is 1. The number of carbonyl (C=O) groups excluding carboxylic acids is 2. The van der Waals surface area contributed by atoms with Gasteiger partial charge in [-0.05, 0) is 36.4 Å². The Hall–Kier alpha value is -3.42. The molecule has 27 heavy (non-hydrogen) atoms. The van der Waals surface area contributed by atoms with Crippen LogP contribution in [0.3, 0.4) is 0 Å². The van der Waals surface area contributed by atoms with Crippen LogP contribution in [0.5, 0.6) is 0 Å². The van der Waals surface area contributed by atoms with E-state index in [-0.39, 0.29) is 19.0 Å². The molecule has 1 saturated heterocycles. The summed E-state index contributed by atoms with van der Waals surface area (Å²) in [6.45, 7) is 1.85. The minimum absolute atomic E-state index is 0.201. The lowest BCUT2D eigenvalue weighted by Crippen LogP contribution is -2.33. The van der Waals surface area contributed by atoms with Gasteiger partial charge in [0.15, 0.2) is 0 Å². The van der Waals surface area contributed by atoms with E-state index < -0.39 is 18.0 Å². The number of hydrogen-bond acceptors (Lipinski definition) is 4. The number of rotatable bonds is 4. The van der Waals surface area contributed by atoms with E-state index in [4.69, 9.17) is 4.74 Å². The van der Waals surface area contributed by atoms with Crippen LogP contribution < -0.4 is 10.2 Å². The predicted molar refractivity (Wildman–Crippen MR) is 97.3 cm³/mol. The van der Waals surface area contributed by atoms with Crippen molar-refractivity contribution in [3.05, 3.63) is 54.6 Å². The SMILES string of the molecule is CC(=O)NC[C@H]1CN(c2ccc(-n3ccc4cccnc43)c(F)c2)C(=O)O1. The fraction of sp³-hybridized carbons (Fsp3) is 0.211. The predicted octanol–water partition coefficient (Wildman–Crippen LogP) is 2.63. The summed E-state index contributed by atoms with van der Waals surface area (Å²) in [4.78, 5) is 28.7. The highest BCUT2D eigenvalue weighted by Gasteiger charge is 2.32. The van der Waals surface area contributed by atoms with Crippen molar-refractivity contribution in [2.45, 2.75) is 13.0 Å². The number of pyridine rings is 1. The maximum absolute atomic E-state index is 14.8. The van der Waals surface area contributed by atoms with Crippen molar-refractivity contribution in [2.24, 2.45) is 0 Å². The van der Waals surface area contributed by atoms with Gasteiger partial charge in [0.1, 0.15) is 17.6 Å². The lowest BCUT2D eigenvalue weighted by atomic mass is 10.2. The van der Waals surface area contributed by atoms with Crippen LogP contribution in [0.15, 0.2) is 48.8 Å². The van der Waals surface area contributed by atoms with E-state index in [9.17, 15) is 14.0 Å². The summed E-state index contributed by atoms with van der Waals surface area (Å²) >= 11 is 0. The van der Waals surface area contributed by atoms with Gasteiger partial charge in [0, 0.05) is 24.7 Å². The first-order chi connectivity index (χ1) is 13.0. The number of hydrogen-bond donors (Lipinski definition) is 1. The summed E-state index contributed by atoms with van der Waals surface area (Å²) in [6.07, 6.45) is 2.37. The molecule has 3 aromatic rings. The Labute approximate surface area is 154 Å². The molecule has 0 bridgehead atoms. The summed E-state index contributed by atoms with van der Waals surface area (Å²) in [5.74, 6) is -0.679. The zero-order valence-corrected chi connectivity index (χ0v) is 14.6. The molecule has 1 aromatic carbocycles. The molecule has 0 spiro atoms. The lowest BCUT2D eigenvalue weighted by molar-refractivity contribution is -0.119. The maximum atomic E-state index is 14.8. The van der Waals surface area contributed by atoms with Crippen LogP contribution in [0.2, 0.25) is 0 Å². The zero-order valence-electron chi connectivity index (χ0n) is 14.6. The second-order valence-corrected chi connectivity index (χ2v) is 6.29. The van der Waals surface area contributed by atoms with E-state index in [0.29, 0.717) is 17.0 Å². The Morgan fingerprint density at radius 2 is 2.22 bits per heavy atom. The van der Waals surface area contributed by atoms with Crippen molar-refractivity contribution in [3.8, 4) is 5.69 Å². The fourth-order valence-corrected chi connectivity index (χ4v) is 3.12. The largest absolute Gasteiger partial charge is 0.442 e. The molecule has 138 valence electrons. The van der Waals surface area contributed by atoms with Gasteiger partial charge in [-0.1, -0.05) is 0 Å². The molecule has 0 aliphatic carbocycles. The number of benzene rings is 1. The summed E-state index contributed by atoms with van der Waals surface area (Å²) in [7, 11) is 0. The third-order valence-corrected chi connectivity index (χ3v) is 4.40. The Kier molecular flexibility index (Phi) is 4.23. The van der Waals surface area contributed by atoms with Gasteiger partial charge >= 0.3 is 6.09 Å². The highest BCUT2D eigenvalue weighted by molar-refractivity contribution is 5.90. The second-order valence-electron chi connectivity index (χ2n) is 6.29. The van der Waals surface area contributed by atoms with Crippen LogP contribution >= 0.6 is 0 Å². The van der Waals surface area contributed by atoms with Crippen molar-refractivity contribution >= 4 is 28.7 Å². The average Bonchev–Trinajstić information content (AvgIpc) is 3.23. The number of carbonyl (C=O) groups is 2. The zero-order chi connectivity index (χ0) is 19.0. The molecule has 1 fully saturated rings. The van der Waals surface area contributed by atoms with Crippen molar-refractivity contribution in [3.63, 3.8) is 0 Å². The molecular formula is C19H17FN4O3. The molecule has 3 heterocycles. The average molecular weight is 368 g/mol. The van der Waals surface area contributed by atoms with Gasteiger partial charge in [-0.2, -0.15) is 0 Å². The number of fused-ring (bicyclic) bond motifs is 1. The minimum atomic E-state index is -0.564. The molecule has 7 nitrogen and oxygen atoms in total. The van der Waals surface area contributed by atoms with Crippen molar-refractivity contribution in [1.29, 1.82) is 0 Å². The fourth-order valence-electron chi connectivity index (χ4n) is 3.12. The molecule has 1 atom stereocenters. The molecule has 2 aromatic heterocycles. The van der Waals surface area contributed by atoms with Gasteiger partial charge in [0.2, 0.25) is 5.91 Å². The van der Waals surface area contributed by atoms with Gasteiger partial charge in [0.05, 0.1) is 24.5 Å². The number of halogens is 1.